The lowest BCUT2D eigenvalue weighted by molar-refractivity contribution is -0.189. The molecule has 0 spiro atoms. The van der Waals surface area contributed by atoms with Crippen molar-refractivity contribution in [3.63, 3.8) is 0 Å². The summed E-state index contributed by atoms with van der Waals surface area (Å²) in [5.74, 6) is 0.779. The zero-order chi connectivity index (χ0) is 36.2. The molecular formula is C38H42Cl2N6O6. The summed E-state index contributed by atoms with van der Waals surface area (Å²) in [5.41, 5.74) is 2.71. The second-order valence-corrected chi connectivity index (χ2v) is 14.0. The van der Waals surface area contributed by atoms with Gasteiger partial charge in [0.25, 0.3) is 0 Å². The molecule has 0 radical (unpaired) electrons. The highest BCUT2D eigenvalue weighted by molar-refractivity contribution is 6.35. The first-order valence-electron chi connectivity index (χ1n) is 17.4. The van der Waals surface area contributed by atoms with Gasteiger partial charge in [-0.15, -0.1) is 0 Å². The van der Waals surface area contributed by atoms with Crippen molar-refractivity contribution in [3.05, 3.63) is 95.0 Å². The number of imidazole rings is 1. The standard InChI is InChI=1S/C38H42Cl2N6O6/c1-27(47)43-13-17-45(18-14-43)30-4-7-32(8-5-30)51-37-22-31(46-19-15-44(16-20-46)28(2)48)6-10-36(37)49-23-33-24-50-38(52-33,25-42-12-11-41-26-42)34-9-3-29(39)21-35(34)40/h3-12,21-22,26,33H,13-20,23-25H2,1-2H3/t33-,38-/m0/s1. The van der Waals surface area contributed by atoms with Crippen molar-refractivity contribution in [1.82, 2.24) is 19.4 Å². The number of benzene rings is 3. The average molecular weight is 750 g/mol. The molecular weight excluding hydrogens is 707 g/mol. The molecule has 4 heterocycles. The number of piperazine rings is 2. The number of carbonyl (C=O) groups is 2. The van der Waals surface area contributed by atoms with Crippen LogP contribution >= 0.6 is 23.2 Å². The summed E-state index contributed by atoms with van der Waals surface area (Å²) in [4.78, 5) is 36.1. The Bertz CT molecular complexity index is 1860. The molecule has 2 amide bonds. The minimum atomic E-state index is -1.18. The molecule has 1 aromatic heterocycles. The number of rotatable bonds is 10. The van der Waals surface area contributed by atoms with Crippen molar-refractivity contribution in [2.75, 3.05) is 75.4 Å². The van der Waals surface area contributed by atoms with Gasteiger partial charge in [0.05, 0.1) is 24.5 Å². The minimum absolute atomic E-state index is 0.0853. The van der Waals surface area contributed by atoms with Crippen molar-refractivity contribution in [2.24, 2.45) is 0 Å². The van der Waals surface area contributed by atoms with Crippen LogP contribution in [0.3, 0.4) is 0 Å². The zero-order valence-electron chi connectivity index (χ0n) is 29.2. The Kier molecular flexibility index (Phi) is 10.8. The maximum absolute atomic E-state index is 11.9. The maximum atomic E-state index is 11.9. The summed E-state index contributed by atoms with van der Waals surface area (Å²) < 4.78 is 27.8. The van der Waals surface area contributed by atoms with Crippen LogP contribution in [0.25, 0.3) is 0 Å². The number of nitrogens with zero attached hydrogens (tertiary/aromatic N) is 6. The van der Waals surface area contributed by atoms with E-state index in [4.69, 9.17) is 42.1 Å². The van der Waals surface area contributed by atoms with Gasteiger partial charge in [0.1, 0.15) is 18.5 Å². The quantitative estimate of drug-likeness (QED) is 0.203. The second kappa shape index (κ2) is 15.6. The summed E-state index contributed by atoms with van der Waals surface area (Å²) in [7, 11) is 0. The molecule has 12 nitrogen and oxygen atoms in total. The fourth-order valence-electron chi connectivity index (χ4n) is 6.86. The van der Waals surface area contributed by atoms with Gasteiger partial charge in [-0.2, -0.15) is 0 Å². The lowest BCUT2D eigenvalue weighted by Gasteiger charge is -2.36. The number of amides is 2. The fourth-order valence-corrected chi connectivity index (χ4v) is 7.41. The van der Waals surface area contributed by atoms with Crippen LogP contribution in [0, 0.1) is 0 Å². The zero-order valence-corrected chi connectivity index (χ0v) is 30.8. The molecule has 4 aromatic rings. The van der Waals surface area contributed by atoms with E-state index in [2.05, 4.69) is 14.8 Å². The predicted molar refractivity (Wildman–Crippen MR) is 199 cm³/mol. The Morgan fingerprint density at radius 1 is 0.827 bits per heavy atom. The van der Waals surface area contributed by atoms with E-state index in [0.717, 1.165) is 24.5 Å². The second-order valence-electron chi connectivity index (χ2n) is 13.2. The third-order valence-corrected chi connectivity index (χ3v) is 10.3. The van der Waals surface area contributed by atoms with Crippen LogP contribution in [0.2, 0.25) is 10.0 Å². The molecule has 14 heteroatoms. The summed E-state index contributed by atoms with van der Waals surface area (Å²) in [6.07, 6.45) is 4.82. The average Bonchev–Trinajstić information content (AvgIpc) is 3.82. The molecule has 3 saturated heterocycles. The number of anilines is 2. The first-order valence-corrected chi connectivity index (χ1v) is 18.2. The lowest BCUT2D eigenvalue weighted by atomic mass is 10.1. The molecule has 2 atom stereocenters. The topological polar surface area (TPSA) is 102 Å². The Hall–Kier alpha value is -4.49. The summed E-state index contributed by atoms with van der Waals surface area (Å²) in [5, 5.41) is 0.956. The van der Waals surface area contributed by atoms with Crippen molar-refractivity contribution in [1.29, 1.82) is 0 Å². The molecule has 52 heavy (non-hydrogen) atoms. The van der Waals surface area contributed by atoms with E-state index < -0.39 is 11.9 Å². The van der Waals surface area contributed by atoms with Crippen molar-refractivity contribution >= 4 is 46.4 Å². The number of carbonyl (C=O) groups excluding carboxylic acids is 2. The predicted octanol–water partition coefficient (Wildman–Crippen LogP) is 5.67. The van der Waals surface area contributed by atoms with Crippen molar-refractivity contribution < 1.29 is 28.5 Å². The molecule has 0 bridgehead atoms. The first kappa shape index (κ1) is 35.9. The molecule has 0 aliphatic carbocycles. The highest BCUT2D eigenvalue weighted by Gasteiger charge is 2.45. The van der Waals surface area contributed by atoms with Crippen LogP contribution in [0.4, 0.5) is 11.4 Å². The molecule has 3 aliphatic heterocycles. The molecule has 0 saturated carbocycles. The highest BCUT2D eigenvalue weighted by atomic mass is 35.5. The molecule has 3 aromatic carbocycles. The van der Waals surface area contributed by atoms with Gasteiger partial charge >= 0.3 is 0 Å². The summed E-state index contributed by atoms with van der Waals surface area (Å²) >= 11 is 12.9. The molecule has 0 N–H and O–H groups in total. The van der Waals surface area contributed by atoms with Crippen molar-refractivity contribution in [2.45, 2.75) is 32.3 Å². The third kappa shape index (κ3) is 8.10. The number of aromatic nitrogens is 2. The van der Waals surface area contributed by atoms with Gasteiger partial charge in [0, 0.05) is 107 Å². The normalized spacial score (nSPS) is 20.7. The number of halogens is 2. The highest BCUT2D eigenvalue weighted by Crippen LogP contribution is 2.42. The van der Waals surface area contributed by atoms with E-state index in [1.165, 1.54) is 0 Å². The monoisotopic (exact) mass is 748 g/mol. The van der Waals surface area contributed by atoms with Gasteiger partial charge in [-0.3, -0.25) is 9.59 Å². The summed E-state index contributed by atoms with van der Waals surface area (Å²) in [6, 6.07) is 19.1. The molecule has 3 aliphatic rings. The number of ether oxygens (including phenoxy) is 4. The van der Waals surface area contributed by atoms with E-state index in [1.54, 1.807) is 38.5 Å². The van der Waals surface area contributed by atoms with Crippen LogP contribution < -0.4 is 19.3 Å². The van der Waals surface area contributed by atoms with Crippen molar-refractivity contribution in [3.8, 4) is 17.2 Å². The maximum Gasteiger partial charge on any atom is 0.219 e. The van der Waals surface area contributed by atoms with Crippen LogP contribution in [0.15, 0.2) is 79.4 Å². The Labute approximate surface area is 313 Å². The van der Waals surface area contributed by atoms with E-state index in [0.29, 0.717) is 78.7 Å². The molecule has 3 fully saturated rings. The van der Waals surface area contributed by atoms with Gasteiger partial charge in [-0.25, -0.2) is 4.98 Å². The molecule has 7 rings (SSSR count). The van der Waals surface area contributed by atoms with Gasteiger partial charge in [-0.1, -0.05) is 29.3 Å². The van der Waals surface area contributed by atoms with Gasteiger partial charge in [0.15, 0.2) is 11.5 Å². The van der Waals surface area contributed by atoms with E-state index in [-0.39, 0.29) is 25.0 Å². The van der Waals surface area contributed by atoms with E-state index in [9.17, 15) is 9.59 Å². The van der Waals surface area contributed by atoms with Crippen LogP contribution in [-0.4, -0.2) is 103 Å². The van der Waals surface area contributed by atoms with Crippen LogP contribution in [0.1, 0.15) is 19.4 Å². The molecule has 274 valence electrons. The fraction of sp³-hybridized carbons (Fsp3) is 0.395. The third-order valence-electron chi connectivity index (χ3n) is 9.75. The van der Waals surface area contributed by atoms with E-state index >= 15 is 0 Å². The Morgan fingerprint density at radius 2 is 1.48 bits per heavy atom. The smallest absolute Gasteiger partial charge is 0.219 e. The summed E-state index contributed by atoms with van der Waals surface area (Å²) in [6.45, 7) is 9.70. The van der Waals surface area contributed by atoms with Gasteiger partial charge in [0.2, 0.25) is 17.6 Å². The van der Waals surface area contributed by atoms with Crippen LogP contribution in [0.5, 0.6) is 17.2 Å². The lowest BCUT2D eigenvalue weighted by Crippen LogP contribution is -2.48. The van der Waals surface area contributed by atoms with Gasteiger partial charge < -0.3 is 43.1 Å². The Balaban J connectivity index is 1.08. The molecule has 0 unspecified atom stereocenters. The van der Waals surface area contributed by atoms with E-state index in [1.807, 2.05) is 69.1 Å². The number of hydrogen-bond donors (Lipinski definition) is 0. The minimum Gasteiger partial charge on any atom is -0.487 e. The largest absolute Gasteiger partial charge is 0.487 e. The first-order chi connectivity index (χ1) is 25.2. The Morgan fingerprint density at radius 3 is 2.10 bits per heavy atom. The van der Waals surface area contributed by atoms with Gasteiger partial charge in [-0.05, 0) is 48.5 Å². The SMILES string of the molecule is CC(=O)N1CCN(c2ccc(Oc3cc(N4CCN(C(C)=O)CC4)ccc3OC[C@H]3CO[C@](Cn4ccnc4)(c4ccc(Cl)cc4Cl)O3)cc2)CC1. The number of hydrogen-bond acceptors (Lipinski definition) is 9. The van der Waals surface area contributed by atoms with Crippen LogP contribution in [-0.2, 0) is 31.4 Å².